The van der Waals surface area contributed by atoms with Gasteiger partial charge in [-0.15, -0.1) is 0 Å². The van der Waals surface area contributed by atoms with Crippen LogP contribution in [0.5, 0.6) is 0 Å². The minimum absolute atomic E-state index is 0.0567. The van der Waals surface area contributed by atoms with Crippen molar-refractivity contribution in [1.29, 1.82) is 0 Å². The van der Waals surface area contributed by atoms with Crippen molar-refractivity contribution in [1.82, 2.24) is 0 Å². The predicted octanol–water partition coefficient (Wildman–Crippen LogP) is 1.67. The fraction of sp³-hybridized carbons (Fsp3) is 1.00. The Morgan fingerprint density at radius 2 is 1.37 bits per heavy atom. The fourth-order valence-electron chi connectivity index (χ4n) is 1.23. The highest BCUT2D eigenvalue weighted by Gasteiger charge is 2.18. The van der Waals surface area contributed by atoms with E-state index in [0.717, 1.165) is 12.8 Å². The van der Waals surface area contributed by atoms with Crippen LogP contribution in [0.3, 0.4) is 0 Å². The molecule has 0 heterocycles. The van der Waals surface area contributed by atoms with E-state index < -0.39 is 26.3 Å². The zero-order valence-electron chi connectivity index (χ0n) is 11.8. The van der Waals surface area contributed by atoms with Gasteiger partial charge in [0.25, 0.3) is 20.2 Å². The summed E-state index contributed by atoms with van der Waals surface area (Å²) in [6.07, 6.45) is 1.73. The van der Waals surface area contributed by atoms with Crippen LogP contribution < -0.4 is 0 Å². The molecular weight excluding hydrogens is 292 g/mol. The number of unbranched alkanes of at least 4 members (excludes halogenated alkanes) is 2. The molecule has 6 nitrogen and oxygen atoms in total. The van der Waals surface area contributed by atoms with Crippen molar-refractivity contribution < 1.29 is 25.2 Å². The number of rotatable bonds is 11. The van der Waals surface area contributed by atoms with Crippen LogP contribution in [0.2, 0.25) is 0 Å². The van der Waals surface area contributed by atoms with E-state index in [1.54, 1.807) is 0 Å². The topological polar surface area (TPSA) is 86.7 Å². The van der Waals surface area contributed by atoms with Gasteiger partial charge < -0.3 is 0 Å². The minimum atomic E-state index is -3.60. The van der Waals surface area contributed by atoms with E-state index in [9.17, 15) is 16.8 Å². The van der Waals surface area contributed by atoms with Gasteiger partial charge in [0.15, 0.2) is 0 Å². The first-order valence-corrected chi connectivity index (χ1v) is 9.66. The maximum atomic E-state index is 11.5. The van der Waals surface area contributed by atoms with E-state index in [4.69, 9.17) is 8.37 Å². The van der Waals surface area contributed by atoms with Crippen LogP contribution in [-0.2, 0) is 28.6 Å². The van der Waals surface area contributed by atoms with Crippen LogP contribution in [0.4, 0.5) is 0 Å². The lowest BCUT2D eigenvalue weighted by Crippen LogP contribution is -2.24. The van der Waals surface area contributed by atoms with E-state index in [-0.39, 0.29) is 18.1 Å². The lowest BCUT2D eigenvalue weighted by Gasteiger charge is -2.13. The third-order valence-corrected chi connectivity index (χ3v) is 4.98. The molecule has 0 fully saturated rings. The molecule has 0 aromatic heterocycles. The SMILES string of the molecule is CCCCS(=O)(=O)OCC(C)OS(=O)(=O)CCCC. The first kappa shape index (κ1) is 18.8. The lowest BCUT2D eigenvalue weighted by atomic mass is 10.4. The molecule has 0 aromatic carbocycles. The third-order valence-electron chi connectivity index (χ3n) is 2.29. The molecule has 1 unspecified atom stereocenters. The van der Waals surface area contributed by atoms with E-state index in [1.165, 1.54) is 6.92 Å². The Labute approximate surface area is 116 Å². The van der Waals surface area contributed by atoms with Gasteiger partial charge in [-0.05, 0) is 19.8 Å². The molecule has 0 amide bonds. The maximum Gasteiger partial charge on any atom is 0.267 e. The van der Waals surface area contributed by atoms with Crippen LogP contribution in [0, 0.1) is 0 Å². The van der Waals surface area contributed by atoms with Gasteiger partial charge in [0.05, 0.1) is 24.2 Å². The zero-order chi connectivity index (χ0) is 14.9. The van der Waals surface area contributed by atoms with Crippen molar-refractivity contribution in [2.75, 3.05) is 18.1 Å². The molecule has 0 rings (SSSR count). The summed E-state index contributed by atoms with van der Waals surface area (Å²) in [5.41, 5.74) is 0. The molecule has 19 heavy (non-hydrogen) atoms. The summed E-state index contributed by atoms with van der Waals surface area (Å²) < 4.78 is 55.3. The highest BCUT2D eigenvalue weighted by molar-refractivity contribution is 7.87. The van der Waals surface area contributed by atoms with Gasteiger partial charge >= 0.3 is 0 Å². The monoisotopic (exact) mass is 316 g/mol. The Bertz CT molecular complexity index is 426. The fourth-order valence-corrected chi connectivity index (χ4v) is 3.68. The van der Waals surface area contributed by atoms with Crippen LogP contribution in [0.15, 0.2) is 0 Å². The van der Waals surface area contributed by atoms with Crippen molar-refractivity contribution in [3.8, 4) is 0 Å². The molecule has 0 aromatic rings. The molecule has 0 saturated heterocycles. The second kappa shape index (κ2) is 8.89. The molecule has 1 atom stereocenters. The van der Waals surface area contributed by atoms with Crippen LogP contribution >= 0.6 is 0 Å². The van der Waals surface area contributed by atoms with Crippen LogP contribution in [0.1, 0.15) is 46.5 Å². The summed E-state index contributed by atoms with van der Waals surface area (Å²) >= 11 is 0. The quantitative estimate of drug-likeness (QED) is 0.539. The van der Waals surface area contributed by atoms with Gasteiger partial charge in [0.1, 0.15) is 0 Å². The molecule has 8 heteroatoms. The first-order chi connectivity index (χ1) is 8.72. The van der Waals surface area contributed by atoms with Gasteiger partial charge in [-0.3, -0.25) is 8.37 Å². The van der Waals surface area contributed by atoms with Crippen LogP contribution in [-0.4, -0.2) is 41.1 Å². The molecule has 0 N–H and O–H groups in total. The predicted molar refractivity (Wildman–Crippen MR) is 73.9 cm³/mol. The highest BCUT2D eigenvalue weighted by Crippen LogP contribution is 2.06. The highest BCUT2D eigenvalue weighted by atomic mass is 32.2. The Morgan fingerprint density at radius 3 is 1.84 bits per heavy atom. The van der Waals surface area contributed by atoms with Crippen molar-refractivity contribution >= 4 is 20.2 Å². The number of hydrogen-bond acceptors (Lipinski definition) is 6. The second-order valence-corrected chi connectivity index (χ2v) is 7.90. The van der Waals surface area contributed by atoms with Crippen molar-refractivity contribution in [2.24, 2.45) is 0 Å². The van der Waals surface area contributed by atoms with Crippen molar-refractivity contribution in [3.05, 3.63) is 0 Å². The summed E-state index contributed by atoms with van der Waals surface area (Å²) in [5, 5.41) is 0. The van der Waals surface area contributed by atoms with Gasteiger partial charge in [0, 0.05) is 0 Å². The summed E-state index contributed by atoms with van der Waals surface area (Å²) in [5.74, 6) is -0.116. The standard InChI is InChI=1S/C11H24O6S2/c1-4-6-8-18(12,13)16-10-11(3)17-19(14,15)9-7-5-2/h11H,4-10H2,1-3H3. The summed E-state index contributed by atoms with van der Waals surface area (Å²) in [7, 11) is -7.19. The molecule has 0 bridgehead atoms. The first-order valence-electron chi connectivity index (χ1n) is 6.50. The van der Waals surface area contributed by atoms with E-state index in [2.05, 4.69) is 0 Å². The Hall–Kier alpha value is -0.180. The molecule has 0 spiro atoms. The Balaban J connectivity index is 4.15. The van der Waals surface area contributed by atoms with E-state index in [0.29, 0.717) is 12.8 Å². The molecule has 0 radical (unpaired) electrons. The maximum absolute atomic E-state index is 11.5. The van der Waals surface area contributed by atoms with Crippen molar-refractivity contribution in [3.63, 3.8) is 0 Å². The summed E-state index contributed by atoms with van der Waals surface area (Å²) in [6, 6.07) is 0. The van der Waals surface area contributed by atoms with Gasteiger partial charge in [-0.1, -0.05) is 26.7 Å². The molecule has 0 saturated carbocycles. The molecule has 0 aliphatic heterocycles. The minimum Gasteiger partial charge on any atom is -0.267 e. The lowest BCUT2D eigenvalue weighted by molar-refractivity contribution is 0.152. The molecule has 0 aliphatic carbocycles. The Kier molecular flexibility index (Phi) is 8.80. The van der Waals surface area contributed by atoms with Gasteiger partial charge in [-0.2, -0.15) is 16.8 Å². The van der Waals surface area contributed by atoms with Gasteiger partial charge in [-0.25, -0.2) is 0 Å². The smallest absolute Gasteiger partial charge is 0.267 e. The van der Waals surface area contributed by atoms with E-state index in [1.807, 2.05) is 13.8 Å². The molecule has 116 valence electrons. The van der Waals surface area contributed by atoms with Crippen molar-refractivity contribution in [2.45, 2.75) is 52.6 Å². The average molecular weight is 316 g/mol. The summed E-state index contributed by atoms with van der Waals surface area (Å²) in [4.78, 5) is 0. The third kappa shape index (κ3) is 10.3. The largest absolute Gasteiger partial charge is 0.267 e. The van der Waals surface area contributed by atoms with Gasteiger partial charge in [0.2, 0.25) is 0 Å². The van der Waals surface area contributed by atoms with E-state index >= 15 is 0 Å². The number of hydrogen-bond donors (Lipinski definition) is 0. The second-order valence-electron chi connectivity index (χ2n) is 4.42. The average Bonchev–Trinajstić information content (AvgIpc) is 2.31. The molecular formula is C11H24O6S2. The van der Waals surface area contributed by atoms with Crippen LogP contribution in [0.25, 0.3) is 0 Å². The molecule has 0 aliphatic rings. The normalized spacial score (nSPS) is 14.5. The Morgan fingerprint density at radius 1 is 0.895 bits per heavy atom. The zero-order valence-corrected chi connectivity index (χ0v) is 13.4. The summed E-state index contributed by atoms with van der Waals surface area (Å²) in [6.45, 7) is 4.94.